The second kappa shape index (κ2) is 5.79. The van der Waals surface area contributed by atoms with Crippen LogP contribution in [-0.4, -0.2) is 26.2 Å². The zero-order valence-electron chi connectivity index (χ0n) is 11.5. The summed E-state index contributed by atoms with van der Waals surface area (Å²) < 4.78 is 1.63. The first-order valence-electron chi connectivity index (χ1n) is 7.05. The van der Waals surface area contributed by atoms with Crippen molar-refractivity contribution in [2.45, 2.75) is 38.6 Å². The van der Waals surface area contributed by atoms with Crippen molar-refractivity contribution in [3.8, 4) is 5.69 Å². The van der Waals surface area contributed by atoms with Crippen molar-refractivity contribution >= 4 is 17.3 Å². The molecule has 1 aromatic heterocycles. The fourth-order valence-electron chi connectivity index (χ4n) is 2.84. The number of aromatic nitrogens is 4. The van der Waals surface area contributed by atoms with Crippen molar-refractivity contribution in [2.75, 3.05) is 5.32 Å². The van der Waals surface area contributed by atoms with Crippen LogP contribution in [-0.2, 0) is 0 Å². The van der Waals surface area contributed by atoms with Gasteiger partial charge in [-0.1, -0.05) is 24.9 Å². The summed E-state index contributed by atoms with van der Waals surface area (Å²) in [5, 5.41) is 15.5. The lowest BCUT2D eigenvalue weighted by Crippen LogP contribution is -2.16. The monoisotopic (exact) mass is 291 g/mol. The van der Waals surface area contributed by atoms with Gasteiger partial charge in [-0.15, -0.1) is 5.10 Å². The van der Waals surface area contributed by atoms with E-state index in [0.717, 1.165) is 22.3 Å². The van der Waals surface area contributed by atoms with Gasteiger partial charge in [0.1, 0.15) is 6.33 Å². The highest BCUT2D eigenvalue weighted by molar-refractivity contribution is 6.33. The number of halogens is 1. The van der Waals surface area contributed by atoms with Crippen LogP contribution in [0, 0.1) is 5.92 Å². The molecule has 1 heterocycles. The Morgan fingerprint density at radius 3 is 3.00 bits per heavy atom. The van der Waals surface area contributed by atoms with Gasteiger partial charge >= 0.3 is 0 Å². The number of rotatable bonds is 4. The number of nitrogens with zero attached hydrogens (tertiary/aromatic N) is 4. The maximum atomic E-state index is 6.28. The zero-order valence-corrected chi connectivity index (χ0v) is 12.2. The molecular weight excluding hydrogens is 274 g/mol. The molecule has 1 fully saturated rings. The van der Waals surface area contributed by atoms with E-state index in [-0.39, 0.29) is 0 Å². The molecule has 106 valence electrons. The fraction of sp³-hybridized carbons (Fsp3) is 0.500. The second-order valence-corrected chi connectivity index (χ2v) is 5.75. The largest absolute Gasteiger partial charge is 0.381 e. The highest BCUT2D eigenvalue weighted by atomic mass is 35.5. The lowest BCUT2D eigenvalue weighted by Gasteiger charge is -2.16. The first-order chi connectivity index (χ1) is 9.76. The predicted octanol–water partition coefficient (Wildman–Crippen LogP) is 3.31. The molecule has 5 nitrogen and oxygen atoms in total. The van der Waals surface area contributed by atoms with E-state index >= 15 is 0 Å². The van der Waals surface area contributed by atoms with Gasteiger partial charge in [0, 0.05) is 6.04 Å². The van der Waals surface area contributed by atoms with Crippen LogP contribution in [0.5, 0.6) is 0 Å². The summed E-state index contributed by atoms with van der Waals surface area (Å²) in [5.41, 5.74) is 1.87. The van der Waals surface area contributed by atoms with Crippen molar-refractivity contribution < 1.29 is 0 Å². The first kappa shape index (κ1) is 13.4. The summed E-state index contributed by atoms with van der Waals surface area (Å²) >= 11 is 6.28. The summed E-state index contributed by atoms with van der Waals surface area (Å²) in [7, 11) is 0. The Hall–Kier alpha value is -1.62. The van der Waals surface area contributed by atoms with E-state index < -0.39 is 0 Å². The number of benzene rings is 1. The fourth-order valence-corrected chi connectivity index (χ4v) is 3.01. The molecule has 2 unspecified atom stereocenters. The summed E-state index contributed by atoms with van der Waals surface area (Å²) in [6, 6.07) is 6.31. The molecule has 1 aliphatic carbocycles. The van der Waals surface area contributed by atoms with Crippen LogP contribution in [0.1, 0.15) is 32.6 Å². The van der Waals surface area contributed by atoms with Gasteiger partial charge in [0.15, 0.2) is 0 Å². The first-order valence-corrected chi connectivity index (χ1v) is 7.43. The average molecular weight is 292 g/mol. The van der Waals surface area contributed by atoms with Crippen LogP contribution in [0.25, 0.3) is 5.69 Å². The van der Waals surface area contributed by atoms with Crippen molar-refractivity contribution in [3.63, 3.8) is 0 Å². The third-order valence-electron chi connectivity index (χ3n) is 4.04. The number of anilines is 1. The smallest absolute Gasteiger partial charge is 0.143 e. The standard InChI is InChI=1S/C14H18ClN5/c1-2-10-3-4-11(7-10)17-14-8-12(5-6-13(14)15)20-9-16-18-19-20/h5-6,8-11,17H,2-4,7H2,1H3. The number of hydrogen-bond acceptors (Lipinski definition) is 4. The summed E-state index contributed by atoms with van der Waals surface area (Å²) in [6.07, 6.45) is 6.58. The Labute approximate surface area is 123 Å². The Morgan fingerprint density at radius 2 is 2.30 bits per heavy atom. The molecule has 6 heteroatoms. The van der Waals surface area contributed by atoms with Gasteiger partial charge in [-0.2, -0.15) is 0 Å². The molecule has 2 aromatic rings. The summed E-state index contributed by atoms with van der Waals surface area (Å²) in [6.45, 7) is 2.26. The molecule has 1 saturated carbocycles. The SMILES string of the molecule is CCC1CCC(Nc2cc(-n3cnnn3)ccc2Cl)C1. The minimum absolute atomic E-state index is 0.515. The lowest BCUT2D eigenvalue weighted by atomic mass is 10.1. The minimum atomic E-state index is 0.515. The van der Waals surface area contributed by atoms with E-state index in [2.05, 4.69) is 27.8 Å². The Morgan fingerprint density at radius 1 is 1.40 bits per heavy atom. The average Bonchev–Trinajstić information content (AvgIpc) is 3.12. The molecule has 2 atom stereocenters. The van der Waals surface area contributed by atoms with Crippen LogP contribution >= 0.6 is 11.6 Å². The highest BCUT2D eigenvalue weighted by Gasteiger charge is 2.23. The maximum Gasteiger partial charge on any atom is 0.143 e. The molecule has 20 heavy (non-hydrogen) atoms. The van der Waals surface area contributed by atoms with Gasteiger partial charge in [0.05, 0.1) is 16.4 Å². The molecule has 0 bridgehead atoms. The number of hydrogen-bond donors (Lipinski definition) is 1. The van der Waals surface area contributed by atoms with Crippen LogP contribution in [0.3, 0.4) is 0 Å². The third kappa shape index (κ3) is 2.77. The molecular formula is C14H18ClN5. The minimum Gasteiger partial charge on any atom is -0.381 e. The van der Waals surface area contributed by atoms with Crippen molar-refractivity contribution in [2.24, 2.45) is 5.92 Å². The van der Waals surface area contributed by atoms with E-state index in [0.29, 0.717) is 6.04 Å². The van der Waals surface area contributed by atoms with Crippen molar-refractivity contribution in [1.82, 2.24) is 20.2 Å². The quantitative estimate of drug-likeness (QED) is 0.939. The van der Waals surface area contributed by atoms with E-state index in [4.69, 9.17) is 11.6 Å². The molecule has 0 radical (unpaired) electrons. The van der Waals surface area contributed by atoms with Gasteiger partial charge in [-0.25, -0.2) is 4.68 Å². The molecule has 1 aromatic carbocycles. The second-order valence-electron chi connectivity index (χ2n) is 5.35. The zero-order chi connectivity index (χ0) is 13.9. The molecule has 0 saturated heterocycles. The molecule has 0 amide bonds. The van der Waals surface area contributed by atoms with Gasteiger partial charge in [0.25, 0.3) is 0 Å². The van der Waals surface area contributed by atoms with E-state index in [1.54, 1.807) is 11.0 Å². The molecule has 1 N–H and O–H groups in total. The van der Waals surface area contributed by atoms with E-state index in [9.17, 15) is 0 Å². The van der Waals surface area contributed by atoms with E-state index in [1.165, 1.54) is 25.7 Å². The van der Waals surface area contributed by atoms with Gasteiger partial charge in [-0.05, 0) is 53.8 Å². The van der Waals surface area contributed by atoms with Crippen LogP contribution in [0.15, 0.2) is 24.5 Å². The molecule has 3 rings (SSSR count). The third-order valence-corrected chi connectivity index (χ3v) is 4.37. The Balaban J connectivity index is 1.77. The molecule has 0 spiro atoms. The Kier molecular flexibility index (Phi) is 3.87. The molecule has 0 aliphatic heterocycles. The molecule has 1 aliphatic rings. The van der Waals surface area contributed by atoms with Crippen molar-refractivity contribution in [3.05, 3.63) is 29.5 Å². The summed E-state index contributed by atoms with van der Waals surface area (Å²) in [5.74, 6) is 0.842. The van der Waals surface area contributed by atoms with Crippen LogP contribution in [0.2, 0.25) is 5.02 Å². The number of tetrazole rings is 1. The Bertz CT molecular complexity index is 569. The maximum absolute atomic E-state index is 6.28. The lowest BCUT2D eigenvalue weighted by molar-refractivity contribution is 0.525. The normalized spacial score (nSPS) is 22.1. The van der Waals surface area contributed by atoms with Gasteiger partial charge < -0.3 is 5.32 Å². The summed E-state index contributed by atoms with van der Waals surface area (Å²) in [4.78, 5) is 0. The highest BCUT2D eigenvalue weighted by Crippen LogP contribution is 2.32. The van der Waals surface area contributed by atoms with Crippen molar-refractivity contribution in [1.29, 1.82) is 0 Å². The van der Waals surface area contributed by atoms with Gasteiger partial charge in [-0.3, -0.25) is 0 Å². The van der Waals surface area contributed by atoms with E-state index in [1.807, 2.05) is 18.2 Å². The topological polar surface area (TPSA) is 55.6 Å². The predicted molar refractivity (Wildman–Crippen MR) is 79.2 cm³/mol. The van der Waals surface area contributed by atoms with Crippen LogP contribution < -0.4 is 5.32 Å². The van der Waals surface area contributed by atoms with Crippen LogP contribution in [0.4, 0.5) is 5.69 Å². The van der Waals surface area contributed by atoms with Gasteiger partial charge in [0.2, 0.25) is 0 Å². The number of nitrogens with one attached hydrogen (secondary N) is 1.